The van der Waals surface area contributed by atoms with Gasteiger partial charge in [-0.25, -0.2) is 0 Å². The topological polar surface area (TPSA) is 27.3 Å². The first kappa shape index (κ1) is 16.8. The van der Waals surface area contributed by atoms with Gasteiger partial charge in [0.05, 0.1) is 0 Å². The number of thiocarbonyl (C=S) groups is 1. The third-order valence-electron chi connectivity index (χ3n) is 4.52. The molecule has 126 valence electrons. The summed E-state index contributed by atoms with van der Waals surface area (Å²) >= 11 is 5.37. The lowest BCUT2D eigenvalue weighted by Crippen LogP contribution is -2.34. The summed E-state index contributed by atoms with van der Waals surface area (Å²) < 4.78 is 0. The number of aryl methyl sites for hydroxylation is 1. The van der Waals surface area contributed by atoms with Gasteiger partial charge in [-0.15, -0.1) is 0 Å². The van der Waals surface area contributed by atoms with Crippen molar-refractivity contribution in [3.05, 3.63) is 59.7 Å². The second-order valence-electron chi connectivity index (χ2n) is 6.48. The zero-order valence-corrected chi connectivity index (χ0v) is 15.2. The Labute approximate surface area is 150 Å². The van der Waals surface area contributed by atoms with Crippen molar-refractivity contribution in [1.29, 1.82) is 0 Å². The normalized spacial score (nSPS) is 15.9. The lowest BCUT2D eigenvalue weighted by molar-refractivity contribution is 0.641. The Morgan fingerprint density at radius 3 is 2.71 bits per heavy atom. The molecule has 0 bridgehead atoms. The maximum Gasteiger partial charge on any atom is 0.170 e. The Balaban J connectivity index is 1.42. The van der Waals surface area contributed by atoms with Crippen molar-refractivity contribution in [2.45, 2.75) is 32.7 Å². The Bertz CT molecular complexity index is 696. The maximum absolute atomic E-state index is 5.37. The maximum atomic E-state index is 5.37. The number of hydrogen-bond donors (Lipinski definition) is 2. The fourth-order valence-corrected chi connectivity index (χ4v) is 3.45. The Morgan fingerprint density at radius 1 is 1.17 bits per heavy atom. The number of nitrogens with one attached hydrogen (secondary N) is 2. The highest BCUT2D eigenvalue weighted by molar-refractivity contribution is 7.80. The van der Waals surface area contributed by atoms with E-state index >= 15 is 0 Å². The van der Waals surface area contributed by atoms with Crippen molar-refractivity contribution in [3.63, 3.8) is 0 Å². The zero-order valence-electron chi connectivity index (χ0n) is 14.4. The van der Waals surface area contributed by atoms with Gasteiger partial charge in [-0.2, -0.15) is 0 Å². The molecule has 0 saturated heterocycles. The van der Waals surface area contributed by atoms with Gasteiger partial charge in [0.25, 0.3) is 0 Å². The summed E-state index contributed by atoms with van der Waals surface area (Å²) in [5.41, 5.74) is 5.14. The predicted molar refractivity (Wildman–Crippen MR) is 107 cm³/mol. The first-order valence-electron chi connectivity index (χ1n) is 8.59. The SMILES string of the molecule is Cc1ccc(NC(=S)NCCCN2c3ccccc3CC2C)cc1. The van der Waals surface area contributed by atoms with Gasteiger partial charge < -0.3 is 15.5 Å². The number of hydrogen-bond acceptors (Lipinski definition) is 2. The van der Waals surface area contributed by atoms with E-state index in [2.05, 4.69) is 65.8 Å². The van der Waals surface area contributed by atoms with Gasteiger partial charge >= 0.3 is 0 Å². The molecule has 24 heavy (non-hydrogen) atoms. The summed E-state index contributed by atoms with van der Waals surface area (Å²) in [4.78, 5) is 2.51. The molecule has 0 amide bonds. The molecule has 1 unspecified atom stereocenters. The van der Waals surface area contributed by atoms with E-state index in [0.29, 0.717) is 11.2 Å². The van der Waals surface area contributed by atoms with Gasteiger partial charge in [-0.3, -0.25) is 0 Å². The Hall–Kier alpha value is -2.07. The van der Waals surface area contributed by atoms with E-state index in [1.165, 1.54) is 16.8 Å². The second kappa shape index (κ2) is 7.67. The van der Waals surface area contributed by atoms with Crippen LogP contribution in [0.5, 0.6) is 0 Å². The van der Waals surface area contributed by atoms with Crippen molar-refractivity contribution in [2.24, 2.45) is 0 Å². The van der Waals surface area contributed by atoms with Gasteiger partial charge in [0.2, 0.25) is 0 Å². The van der Waals surface area contributed by atoms with Gasteiger partial charge in [0.15, 0.2) is 5.11 Å². The first-order valence-corrected chi connectivity index (χ1v) is 9.00. The minimum Gasteiger partial charge on any atom is -0.368 e. The molecule has 0 aromatic heterocycles. The van der Waals surface area contributed by atoms with E-state index in [-0.39, 0.29) is 0 Å². The zero-order chi connectivity index (χ0) is 16.9. The molecule has 0 spiro atoms. The summed E-state index contributed by atoms with van der Waals surface area (Å²) in [5, 5.41) is 7.22. The standard InChI is InChI=1S/C20H25N3S/c1-15-8-10-18(11-9-15)22-20(24)21-12-5-13-23-16(2)14-17-6-3-4-7-19(17)23/h3-4,6-11,16H,5,12-14H2,1-2H3,(H2,21,22,24). The average Bonchev–Trinajstić information content (AvgIpc) is 2.89. The molecule has 0 fully saturated rings. The summed E-state index contributed by atoms with van der Waals surface area (Å²) in [6, 6.07) is 17.6. The highest BCUT2D eigenvalue weighted by atomic mass is 32.1. The van der Waals surface area contributed by atoms with E-state index in [1.54, 1.807) is 0 Å². The molecule has 3 rings (SSSR count). The van der Waals surface area contributed by atoms with Crippen molar-refractivity contribution in [2.75, 3.05) is 23.3 Å². The molecular formula is C20H25N3S. The van der Waals surface area contributed by atoms with Crippen LogP contribution >= 0.6 is 12.2 Å². The van der Waals surface area contributed by atoms with Gasteiger partial charge in [-0.1, -0.05) is 35.9 Å². The van der Waals surface area contributed by atoms with E-state index in [9.17, 15) is 0 Å². The lowest BCUT2D eigenvalue weighted by atomic mass is 10.1. The molecule has 1 aliphatic heterocycles. The monoisotopic (exact) mass is 339 g/mol. The highest BCUT2D eigenvalue weighted by Gasteiger charge is 2.24. The molecule has 1 heterocycles. The van der Waals surface area contributed by atoms with Crippen LogP contribution in [-0.2, 0) is 6.42 Å². The lowest BCUT2D eigenvalue weighted by Gasteiger charge is -2.25. The number of nitrogens with zero attached hydrogens (tertiary/aromatic N) is 1. The molecule has 1 aliphatic rings. The molecule has 2 aromatic rings. The fraction of sp³-hybridized carbons (Fsp3) is 0.350. The van der Waals surface area contributed by atoms with Crippen molar-refractivity contribution in [3.8, 4) is 0 Å². The van der Waals surface area contributed by atoms with E-state index < -0.39 is 0 Å². The molecule has 1 atom stereocenters. The van der Waals surface area contributed by atoms with Crippen molar-refractivity contribution < 1.29 is 0 Å². The Morgan fingerprint density at radius 2 is 1.92 bits per heavy atom. The third kappa shape index (κ3) is 4.06. The van der Waals surface area contributed by atoms with Crippen LogP contribution in [0.15, 0.2) is 48.5 Å². The van der Waals surface area contributed by atoms with Crippen LogP contribution in [0, 0.1) is 6.92 Å². The number of benzene rings is 2. The molecule has 0 aliphatic carbocycles. The summed E-state index contributed by atoms with van der Waals surface area (Å²) in [5.74, 6) is 0. The molecule has 3 nitrogen and oxygen atoms in total. The molecule has 2 N–H and O–H groups in total. The predicted octanol–water partition coefficient (Wildman–Crippen LogP) is 4.12. The van der Waals surface area contributed by atoms with E-state index in [0.717, 1.165) is 31.6 Å². The summed E-state index contributed by atoms with van der Waals surface area (Å²) in [6.07, 6.45) is 2.21. The van der Waals surface area contributed by atoms with Gasteiger partial charge in [-0.05, 0) is 62.7 Å². The number of para-hydroxylation sites is 1. The third-order valence-corrected chi connectivity index (χ3v) is 4.77. The largest absolute Gasteiger partial charge is 0.368 e. The minimum absolute atomic E-state index is 0.583. The van der Waals surface area contributed by atoms with Gasteiger partial charge in [0, 0.05) is 30.5 Å². The first-order chi connectivity index (χ1) is 11.6. The molecule has 2 aromatic carbocycles. The van der Waals surface area contributed by atoms with Crippen LogP contribution < -0.4 is 15.5 Å². The smallest absolute Gasteiger partial charge is 0.170 e. The van der Waals surface area contributed by atoms with E-state index in [4.69, 9.17) is 12.2 Å². The average molecular weight is 340 g/mol. The molecular weight excluding hydrogens is 314 g/mol. The van der Waals surface area contributed by atoms with E-state index in [1.807, 2.05) is 12.1 Å². The number of fused-ring (bicyclic) bond motifs is 1. The number of rotatable bonds is 5. The number of anilines is 2. The van der Waals surface area contributed by atoms with Gasteiger partial charge in [0.1, 0.15) is 0 Å². The van der Waals surface area contributed by atoms with Crippen molar-refractivity contribution >= 4 is 28.7 Å². The second-order valence-corrected chi connectivity index (χ2v) is 6.88. The molecule has 0 saturated carbocycles. The Kier molecular flexibility index (Phi) is 5.36. The fourth-order valence-electron chi connectivity index (χ4n) is 3.23. The summed E-state index contributed by atoms with van der Waals surface area (Å²) in [7, 11) is 0. The molecule has 4 heteroatoms. The van der Waals surface area contributed by atoms with Crippen LogP contribution in [-0.4, -0.2) is 24.2 Å². The minimum atomic E-state index is 0.583. The van der Waals surface area contributed by atoms with Crippen LogP contribution in [0.3, 0.4) is 0 Å². The summed E-state index contributed by atoms with van der Waals surface area (Å²) in [6.45, 7) is 6.32. The van der Waals surface area contributed by atoms with Crippen molar-refractivity contribution in [1.82, 2.24) is 5.32 Å². The quantitative estimate of drug-likeness (QED) is 0.633. The van der Waals surface area contributed by atoms with Crippen LogP contribution in [0.1, 0.15) is 24.5 Å². The van der Waals surface area contributed by atoms with Crippen LogP contribution in [0.4, 0.5) is 11.4 Å². The van der Waals surface area contributed by atoms with Crippen LogP contribution in [0.2, 0.25) is 0 Å². The highest BCUT2D eigenvalue weighted by Crippen LogP contribution is 2.31. The van der Waals surface area contributed by atoms with Crippen LogP contribution in [0.25, 0.3) is 0 Å². The molecule has 0 radical (unpaired) electrons.